The molecule has 0 fully saturated rings. The molecule has 5 heteroatoms. The third-order valence-corrected chi connectivity index (χ3v) is 0. The molecule has 0 heterocycles. The summed E-state index contributed by atoms with van der Waals surface area (Å²) in [5, 5.41) is 0. The van der Waals surface area contributed by atoms with Crippen molar-refractivity contribution in [3.63, 3.8) is 0 Å². The topological polar surface area (TPSA) is 94.5 Å². The van der Waals surface area contributed by atoms with Crippen molar-refractivity contribution in [3.8, 4) is 0 Å². The van der Waals surface area contributed by atoms with Crippen LogP contribution in [0, 0.1) is 0 Å². The summed E-state index contributed by atoms with van der Waals surface area (Å²) < 4.78 is 0. The van der Waals surface area contributed by atoms with Crippen molar-refractivity contribution in [1.82, 2.24) is 0 Å². The quantitative estimate of drug-likeness (QED) is 0.472. The largest absolute Gasteiger partial charge is 0.412 e. The van der Waals surface area contributed by atoms with E-state index < -0.39 is 0 Å². The van der Waals surface area contributed by atoms with Crippen LogP contribution in [0.5, 0.6) is 0 Å². The second kappa shape index (κ2) is 70.8. The maximum absolute atomic E-state index is 0. The minimum atomic E-state index is 0. The molecule has 6 N–H and O–H groups in total. The van der Waals surface area contributed by atoms with Crippen LogP contribution in [0.3, 0.4) is 0 Å². The third kappa shape index (κ3) is 40.5. The SMILES string of the molecule is O.O.O.[Cr].[W]. The van der Waals surface area contributed by atoms with Crippen molar-refractivity contribution in [2.24, 2.45) is 0 Å². The molecule has 0 saturated heterocycles. The minimum absolute atomic E-state index is 0. The van der Waals surface area contributed by atoms with Gasteiger partial charge >= 0.3 is 0 Å². The monoisotopic (exact) mass is 290 g/mol. The molecule has 0 amide bonds. The van der Waals surface area contributed by atoms with Gasteiger partial charge in [-0.2, -0.15) is 0 Å². The first-order valence-electron chi connectivity index (χ1n) is 0. The standard InChI is InChI=1S/Cr.3H2O.W/h;3*1H2;. The van der Waals surface area contributed by atoms with Gasteiger partial charge in [-0.3, -0.25) is 0 Å². The van der Waals surface area contributed by atoms with E-state index in [0.29, 0.717) is 0 Å². The molecule has 0 rings (SSSR count). The Morgan fingerprint density at radius 3 is 0.600 bits per heavy atom. The van der Waals surface area contributed by atoms with E-state index in [4.69, 9.17) is 0 Å². The molecule has 0 atom stereocenters. The van der Waals surface area contributed by atoms with Crippen LogP contribution < -0.4 is 0 Å². The third-order valence-electron chi connectivity index (χ3n) is 0. The molecule has 0 aliphatic heterocycles. The van der Waals surface area contributed by atoms with Crippen LogP contribution in [0.25, 0.3) is 0 Å². The summed E-state index contributed by atoms with van der Waals surface area (Å²) >= 11 is 0. The number of hydrogen-bond donors (Lipinski definition) is 0. The Bertz CT molecular complexity index is 6.85. The van der Waals surface area contributed by atoms with E-state index in [0.717, 1.165) is 0 Å². The summed E-state index contributed by atoms with van der Waals surface area (Å²) in [6.07, 6.45) is 0. The summed E-state index contributed by atoms with van der Waals surface area (Å²) in [6.45, 7) is 0. The van der Waals surface area contributed by atoms with Gasteiger partial charge in [0.15, 0.2) is 0 Å². The van der Waals surface area contributed by atoms with Gasteiger partial charge in [0, 0.05) is 38.4 Å². The zero-order chi connectivity index (χ0) is 0. The van der Waals surface area contributed by atoms with Gasteiger partial charge in [-0.1, -0.05) is 0 Å². The van der Waals surface area contributed by atoms with Crippen LogP contribution in [-0.4, -0.2) is 16.4 Å². The fraction of sp³-hybridized carbons (Fsp3) is 0. The molecule has 0 bridgehead atoms. The Morgan fingerprint density at radius 2 is 0.600 bits per heavy atom. The predicted octanol–water partition coefficient (Wildman–Crippen LogP) is -2.48. The van der Waals surface area contributed by atoms with Gasteiger partial charge in [0.2, 0.25) is 0 Å². The van der Waals surface area contributed by atoms with Gasteiger partial charge < -0.3 is 16.4 Å². The Labute approximate surface area is 55.1 Å². The van der Waals surface area contributed by atoms with E-state index in [1.54, 1.807) is 0 Å². The van der Waals surface area contributed by atoms with Gasteiger partial charge in [-0.15, -0.1) is 0 Å². The van der Waals surface area contributed by atoms with Gasteiger partial charge in [0.1, 0.15) is 0 Å². The van der Waals surface area contributed by atoms with E-state index in [1.165, 1.54) is 0 Å². The molecular formula is H6CrO3W. The van der Waals surface area contributed by atoms with Crippen LogP contribution in [0.4, 0.5) is 0 Å². The van der Waals surface area contributed by atoms with E-state index in [1.807, 2.05) is 0 Å². The van der Waals surface area contributed by atoms with Crippen LogP contribution in [0.1, 0.15) is 0 Å². The summed E-state index contributed by atoms with van der Waals surface area (Å²) in [4.78, 5) is 0. The van der Waals surface area contributed by atoms with Gasteiger partial charge in [0.25, 0.3) is 0 Å². The van der Waals surface area contributed by atoms with Crippen LogP contribution in [-0.2, 0) is 38.4 Å². The molecule has 3 nitrogen and oxygen atoms in total. The molecule has 0 saturated carbocycles. The number of hydrogen-bond acceptors (Lipinski definition) is 0. The molecular weight excluding hydrogens is 284 g/mol. The first-order chi connectivity index (χ1) is 0. The molecule has 0 aliphatic rings. The molecule has 0 spiro atoms. The first kappa shape index (κ1) is 131. The smallest absolute Gasteiger partial charge is 0 e. The van der Waals surface area contributed by atoms with E-state index in [9.17, 15) is 0 Å². The van der Waals surface area contributed by atoms with Crippen LogP contribution in [0.2, 0.25) is 0 Å². The molecule has 0 aliphatic carbocycles. The molecule has 0 unspecified atom stereocenters. The van der Waals surface area contributed by atoms with Crippen molar-refractivity contribution >= 4 is 0 Å². The van der Waals surface area contributed by atoms with E-state index >= 15 is 0 Å². The minimum Gasteiger partial charge on any atom is -0.412 e. The van der Waals surface area contributed by atoms with Gasteiger partial charge in [0.05, 0.1) is 0 Å². The van der Waals surface area contributed by atoms with Crippen molar-refractivity contribution in [3.05, 3.63) is 0 Å². The van der Waals surface area contributed by atoms with Crippen LogP contribution >= 0.6 is 0 Å². The van der Waals surface area contributed by atoms with E-state index in [-0.39, 0.29) is 54.9 Å². The zero-order valence-corrected chi connectivity index (χ0v) is 6.52. The van der Waals surface area contributed by atoms with Gasteiger partial charge in [-0.05, 0) is 0 Å². The molecule has 0 aromatic carbocycles. The zero-order valence-electron chi connectivity index (χ0n) is 2.32. The normalized spacial score (nSPS) is 0. The molecule has 0 radical (unpaired) electrons. The molecule has 5 heavy (non-hydrogen) atoms. The molecule has 0 aromatic rings. The Balaban J connectivity index is 0. The molecule has 0 aromatic heterocycles. The fourth-order valence-electron chi connectivity index (χ4n) is 0. The Kier molecular flexibility index (Phi) is 1850. The molecule has 36 valence electrons. The predicted molar refractivity (Wildman–Crippen MR) is 10.8 cm³/mol. The van der Waals surface area contributed by atoms with E-state index in [2.05, 4.69) is 0 Å². The maximum Gasteiger partial charge on any atom is 0 e. The van der Waals surface area contributed by atoms with Crippen molar-refractivity contribution in [2.75, 3.05) is 0 Å². The Hall–Kier alpha value is 1.10. The number of rotatable bonds is 0. The summed E-state index contributed by atoms with van der Waals surface area (Å²) in [7, 11) is 0. The van der Waals surface area contributed by atoms with Crippen molar-refractivity contribution in [1.29, 1.82) is 0 Å². The van der Waals surface area contributed by atoms with Crippen molar-refractivity contribution < 1.29 is 54.9 Å². The first-order valence-corrected chi connectivity index (χ1v) is 0. The Morgan fingerprint density at radius 1 is 0.600 bits per heavy atom. The van der Waals surface area contributed by atoms with Gasteiger partial charge in [-0.25, -0.2) is 0 Å². The summed E-state index contributed by atoms with van der Waals surface area (Å²) in [5.74, 6) is 0. The van der Waals surface area contributed by atoms with Crippen molar-refractivity contribution in [2.45, 2.75) is 0 Å². The summed E-state index contributed by atoms with van der Waals surface area (Å²) in [5.41, 5.74) is 0. The maximum atomic E-state index is 0. The second-order valence-corrected chi connectivity index (χ2v) is 0. The van der Waals surface area contributed by atoms with Crippen LogP contribution in [0.15, 0.2) is 0 Å². The average Bonchev–Trinajstić information content (AvgIpc) is 0. The second-order valence-electron chi connectivity index (χ2n) is 0. The summed E-state index contributed by atoms with van der Waals surface area (Å²) in [6, 6.07) is 0. The average molecular weight is 290 g/mol. The fourth-order valence-corrected chi connectivity index (χ4v) is 0.